The molecule has 43 heavy (non-hydrogen) atoms. The summed E-state index contributed by atoms with van der Waals surface area (Å²) in [6.45, 7) is 7.00. The summed E-state index contributed by atoms with van der Waals surface area (Å²) in [5.74, 6) is 0. The molecule has 0 fully saturated rings. The first kappa shape index (κ1) is 25.0. The second-order valence-electron chi connectivity index (χ2n) is 13.0. The minimum absolute atomic E-state index is 0.0651. The number of nitrogens with one attached hydrogen (secondary N) is 1. The maximum Gasteiger partial charge on any atom is 0.197 e. The minimum atomic E-state index is -0.0651. The molecule has 0 spiro atoms. The zero-order chi connectivity index (χ0) is 28.9. The van der Waals surface area contributed by atoms with E-state index in [9.17, 15) is 0 Å². The third-order valence-corrected chi connectivity index (χ3v) is 10.2. The molecule has 9 rings (SSSR count). The van der Waals surface area contributed by atoms with E-state index in [-0.39, 0.29) is 5.41 Å². The van der Waals surface area contributed by atoms with Gasteiger partial charge in [0.2, 0.25) is 0 Å². The van der Waals surface area contributed by atoms with Crippen molar-refractivity contribution < 1.29 is 0 Å². The number of benzene rings is 5. The monoisotopic (exact) mass is 553 g/mol. The Kier molecular flexibility index (Phi) is 5.24. The molecule has 0 bridgehead atoms. The van der Waals surface area contributed by atoms with E-state index in [1.165, 1.54) is 108 Å². The number of aryl methyl sites for hydroxylation is 1. The molecule has 1 aliphatic heterocycles. The highest BCUT2D eigenvalue weighted by molar-refractivity contribution is 6.73. The lowest BCUT2D eigenvalue weighted by Gasteiger charge is -2.25. The summed E-state index contributed by atoms with van der Waals surface area (Å²) >= 11 is 0. The van der Waals surface area contributed by atoms with Gasteiger partial charge in [-0.1, -0.05) is 124 Å². The van der Waals surface area contributed by atoms with Crippen LogP contribution in [0.25, 0.3) is 60.6 Å². The second kappa shape index (κ2) is 9.00. The van der Waals surface area contributed by atoms with Gasteiger partial charge in [0.1, 0.15) is 0 Å². The summed E-state index contributed by atoms with van der Waals surface area (Å²) in [6.07, 6.45) is 4.79. The third kappa shape index (κ3) is 3.37. The predicted octanol–water partition coefficient (Wildman–Crippen LogP) is 8.94. The molecular formula is C40H34BN2. The highest BCUT2D eigenvalue weighted by Crippen LogP contribution is 2.52. The molecule has 0 atom stereocenters. The topological polar surface area (TPSA) is 20.7 Å². The predicted molar refractivity (Wildman–Crippen MR) is 184 cm³/mol. The molecule has 2 aliphatic rings. The van der Waals surface area contributed by atoms with Crippen molar-refractivity contribution in [1.82, 2.24) is 9.55 Å². The van der Waals surface area contributed by atoms with E-state index in [0.717, 1.165) is 6.42 Å². The van der Waals surface area contributed by atoms with Crippen molar-refractivity contribution >= 4 is 50.9 Å². The Morgan fingerprint density at radius 3 is 2.42 bits per heavy atom. The second-order valence-corrected chi connectivity index (χ2v) is 13.0. The molecule has 1 aliphatic carbocycles. The van der Waals surface area contributed by atoms with Gasteiger partial charge in [-0.3, -0.25) is 0 Å². The lowest BCUT2D eigenvalue weighted by atomic mass is 9.59. The third-order valence-electron chi connectivity index (χ3n) is 10.2. The SMILES string of the molecule is CCCCCc1cc(-c2cccc3c4c([nH]c23)C(C)(C)c2ccccc2-4)c2c(c1)-n1c3ccccc3c3cccc(c31)[B]2. The number of fused-ring (bicyclic) bond motifs is 10. The van der Waals surface area contributed by atoms with E-state index in [0.29, 0.717) is 0 Å². The maximum absolute atomic E-state index is 4.00. The van der Waals surface area contributed by atoms with Crippen LogP contribution in [0.5, 0.6) is 0 Å². The molecular weight excluding hydrogens is 519 g/mol. The van der Waals surface area contributed by atoms with Gasteiger partial charge in [0, 0.05) is 49.6 Å². The van der Waals surface area contributed by atoms with Crippen LogP contribution in [0, 0.1) is 0 Å². The van der Waals surface area contributed by atoms with Gasteiger partial charge in [-0.25, -0.2) is 0 Å². The molecule has 3 heteroatoms. The fourth-order valence-corrected chi connectivity index (χ4v) is 8.12. The Balaban J connectivity index is 1.35. The number of para-hydroxylation sites is 3. The summed E-state index contributed by atoms with van der Waals surface area (Å²) in [6, 6.07) is 36.5. The lowest BCUT2D eigenvalue weighted by Crippen LogP contribution is -2.37. The summed E-state index contributed by atoms with van der Waals surface area (Å²) in [5.41, 5.74) is 17.2. The smallest absolute Gasteiger partial charge is 0.197 e. The van der Waals surface area contributed by atoms with Crippen molar-refractivity contribution in [3.8, 4) is 27.9 Å². The molecule has 2 nitrogen and oxygen atoms in total. The highest BCUT2D eigenvalue weighted by Gasteiger charge is 2.38. The summed E-state index contributed by atoms with van der Waals surface area (Å²) in [4.78, 5) is 4.00. The summed E-state index contributed by atoms with van der Waals surface area (Å²) in [7, 11) is 2.44. The van der Waals surface area contributed by atoms with Crippen molar-refractivity contribution in [2.24, 2.45) is 0 Å². The first-order chi connectivity index (χ1) is 21.1. The number of nitrogens with zero attached hydrogens (tertiary/aromatic N) is 1. The first-order valence-corrected chi connectivity index (χ1v) is 15.9. The van der Waals surface area contributed by atoms with Crippen LogP contribution < -0.4 is 10.9 Å². The van der Waals surface area contributed by atoms with Crippen LogP contribution in [0.2, 0.25) is 0 Å². The van der Waals surface area contributed by atoms with Gasteiger partial charge in [0.25, 0.3) is 0 Å². The van der Waals surface area contributed by atoms with Gasteiger partial charge < -0.3 is 9.55 Å². The number of unbranched alkanes of at least 4 members (excludes halogenated alkanes) is 2. The van der Waals surface area contributed by atoms with E-state index in [1.54, 1.807) is 0 Å². The molecule has 0 amide bonds. The average Bonchev–Trinajstić information content (AvgIpc) is 3.66. The van der Waals surface area contributed by atoms with Gasteiger partial charge in [-0.2, -0.15) is 0 Å². The highest BCUT2D eigenvalue weighted by atomic mass is 15.0. The van der Waals surface area contributed by atoms with E-state index in [2.05, 4.69) is 135 Å². The summed E-state index contributed by atoms with van der Waals surface area (Å²) in [5, 5.41) is 3.97. The van der Waals surface area contributed by atoms with Crippen molar-refractivity contribution in [3.05, 3.63) is 114 Å². The van der Waals surface area contributed by atoms with Gasteiger partial charge in [-0.05, 0) is 52.7 Å². The fraction of sp³-hybridized carbons (Fsp3) is 0.200. The minimum Gasteiger partial charge on any atom is -0.357 e. The van der Waals surface area contributed by atoms with Crippen LogP contribution in [-0.2, 0) is 11.8 Å². The van der Waals surface area contributed by atoms with E-state index >= 15 is 0 Å². The standard InChI is InChI=1S/C40H34BN2/c1-4-5-6-13-24-22-30(26-16-11-18-29-35-28-15-7-9-19-31(28)40(2,3)39(35)42-37(26)29)36-34(23-24)43-33-21-10-8-14-25(33)27-17-12-20-32(41-36)38(27)43/h7-12,14-23,42H,4-6,13H2,1-3H3. The Labute approximate surface area is 253 Å². The number of H-pyrrole nitrogens is 1. The maximum atomic E-state index is 4.00. The Bertz CT molecular complexity index is 2260. The van der Waals surface area contributed by atoms with Crippen LogP contribution in [0.3, 0.4) is 0 Å². The molecule has 0 unspecified atom stereocenters. The zero-order valence-electron chi connectivity index (χ0n) is 25.1. The van der Waals surface area contributed by atoms with Crippen molar-refractivity contribution in [2.45, 2.75) is 51.9 Å². The van der Waals surface area contributed by atoms with E-state index < -0.39 is 0 Å². The summed E-state index contributed by atoms with van der Waals surface area (Å²) < 4.78 is 2.54. The Hall–Kier alpha value is -4.50. The molecule has 7 aromatic rings. The van der Waals surface area contributed by atoms with Crippen LogP contribution in [0.15, 0.2) is 97.1 Å². The number of rotatable bonds is 5. The number of hydrogen-bond donors (Lipinski definition) is 1. The normalized spacial score (nSPS) is 14.2. The first-order valence-electron chi connectivity index (χ1n) is 15.9. The van der Waals surface area contributed by atoms with Gasteiger partial charge in [0.05, 0.1) is 11.0 Å². The number of aromatic nitrogens is 2. The largest absolute Gasteiger partial charge is 0.357 e. The van der Waals surface area contributed by atoms with Crippen LogP contribution in [0.4, 0.5) is 0 Å². The van der Waals surface area contributed by atoms with Gasteiger partial charge >= 0.3 is 0 Å². The molecule has 3 heterocycles. The fourth-order valence-electron chi connectivity index (χ4n) is 8.12. The van der Waals surface area contributed by atoms with E-state index in [4.69, 9.17) is 0 Å². The Morgan fingerprint density at radius 1 is 0.744 bits per heavy atom. The molecule has 1 radical (unpaired) electrons. The van der Waals surface area contributed by atoms with Gasteiger partial charge in [-0.15, -0.1) is 0 Å². The zero-order valence-corrected chi connectivity index (χ0v) is 25.1. The quantitative estimate of drug-likeness (QED) is 0.162. The average molecular weight is 554 g/mol. The lowest BCUT2D eigenvalue weighted by molar-refractivity contribution is 0.642. The van der Waals surface area contributed by atoms with Crippen molar-refractivity contribution in [3.63, 3.8) is 0 Å². The molecule has 0 saturated heterocycles. The Morgan fingerprint density at radius 2 is 1.51 bits per heavy atom. The van der Waals surface area contributed by atoms with Crippen molar-refractivity contribution in [1.29, 1.82) is 0 Å². The van der Waals surface area contributed by atoms with Crippen LogP contribution in [0.1, 0.15) is 56.9 Å². The molecule has 0 saturated carbocycles. The molecule has 207 valence electrons. The van der Waals surface area contributed by atoms with Crippen LogP contribution in [-0.4, -0.2) is 16.8 Å². The molecule has 2 aromatic heterocycles. The number of hydrogen-bond acceptors (Lipinski definition) is 0. The molecule has 5 aromatic carbocycles. The van der Waals surface area contributed by atoms with E-state index in [1.807, 2.05) is 0 Å². The van der Waals surface area contributed by atoms with Crippen LogP contribution >= 0.6 is 0 Å². The van der Waals surface area contributed by atoms with Gasteiger partial charge in [0.15, 0.2) is 7.28 Å². The number of aromatic amines is 1. The molecule has 1 N–H and O–H groups in total. The van der Waals surface area contributed by atoms with Crippen molar-refractivity contribution in [2.75, 3.05) is 0 Å².